The minimum Gasteiger partial charge on any atom is -0.483 e. The maximum Gasteiger partial charge on any atom is 0.260 e. The number of hydrogen-bond donors (Lipinski definition) is 0. The molecule has 2 amide bonds. The molecule has 6 heteroatoms. The molecule has 0 unspecified atom stereocenters. The lowest BCUT2D eigenvalue weighted by Crippen LogP contribution is -2.51. The van der Waals surface area contributed by atoms with Crippen LogP contribution in [0.1, 0.15) is 51.7 Å². The second kappa shape index (κ2) is 9.22. The zero-order valence-corrected chi connectivity index (χ0v) is 17.7. The van der Waals surface area contributed by atoms with Gasteiger partial charge in [-0.15, -0.1) is 0 Å². The monoisotopic (exact) mass is 388 g/mol. The molecule has 2 rings (SSSR count). The molecule has 154 valence electrons. The molecule has 0 aromatic heterocycles. The summed E-state index contributed by atoms with van der Waals surface area (Å²) in [5.74, 6) is 0.666. The van der Waals surface area contributed by atoms with Crippen molar-refractivity contribution < 1.29 is 19.1 Å². The fourth-order valence-corrected chi connectivity index (χ4v) is 3.23. The predicted molar refractivity (Wildman–Crippen MR) is 108 cm³/mol. The van der Waals surface area contributed by atoms with Gasteiger partial charge in [0.25, 0.3) is 5.91 Å². The first-order valence-corrected chi connectivity index (χ1v) is 9.87. The Bertz CT molecular complexity index is 729. The Morgan fingerprint density at radius 3 is 2.07 bits per heavy atom. The molecule has 0 radical (unpaired) electrons. The highest BCUT2D eigenvalue weighted by atomic mass is 16.5. The Morgan fingerprint density at radius 1 is 0.964 bits per heavy atom. The van der Waals surface area contributed by atoms with Gasteiger partial charge >= 0.3 is 0 Å². The zero-order chi connectivity index (χ0) is 20.9. The molecule has 0 saturated carbocycles. The lowest BCUT2D eigenvalue weighted by atomic mass is 9.85. The summed E-state index contributed by atoms with van der Waals surface area (Å²) in [7, 11) is 0. The number of Topliss-reactive ketones (excluding diaryl/α,β-unsaturated/α-hetero) is 1. The van der Waals surface area contributed by atoms with E-state index in [4.69, 9.17) is 4.74 Å². The second-order valence-corrected chi connectivity index (χ2v) is 8.50. The molecule has 1 aliphatic heterocycles. The van der Waals surface area contributed by atoms with Gasteiger partial charge in [-0.3, -0.25) is 9.59 Å². The third-order valence-corrected chi connectivity index (χ3v) is 4.97. The number of piperazine rings is 1. The van der Waals surface area contributed by atoms with Crippen molar-refractivity contribution in [3.63, 3.8) is 0 Å². The van der Waals surface area contributed by atoms with Gasteiger partial charge in [0.2, 0.25) is 5.91 Å². The van der Waals surface area contributed by atoms with E-state index in [-0.39, 0.29) is 42.5 Å². The second-order valence-electron chi connectivity index (χ2n) is 8.50. The van der Waals surface area contributed by atoms with Crippen molar-refractivity contribution in [1.82, 2.24) is 9.80 Å². The maximum atomic E-state index is 12.5. The van der Waals surface area contributed by atoms with E-state index in [2.05, 4.69) is 26.8 Å². The van der Waals surface area contributed by atoms with E-state index in [9.17, 15) is 14.4 Å². The molecule has 0 atom stereocenters. The summed E-state index contributed by atoms with van der Waals surface area (Å²) in [5.41, 5.74) is 2.17. The van der Waals surface area contributed by atoms with E-state index in [1.54, 1.807) is 9.80 Å². The molecule has 1 fully saturated rings. The normalized spacial score (nSPS) is 14.8. The SMILES string of the molecule is CC(=O)CCC(=O)N1CCN(C(=O)COc2ccc(C)cc2C(C)(C)C)CC1. The fraction of sp³-hybridized carbons (Fsp3) is 0.591. The number of carbonyl (C=O) groups excluding carboxylic acids is 3. The molecule has 1 aliphatic rings. The van der Waals surface area contributed by atoms with Crippen molar-refractivity contribution in [2.24, 2.45) is 0 Å². The molecular formula is C22H32N2O4. The van der Waals surface area contributed by atoms with Crippen LogP contribution >= 0.6 is 0 Å². The van der Waals surface area contributed by atoms with E-state index in [1.165, 1.54) is 6.92 Å². The van der Waals surface area contributed by atoms with Crippen molar-refractivity contribution in [3.8, 4) is 5.75 Å². The van der Waals surface area contributed by atoms with Gasteiger partial charge in [-0.05, 0) is 30.9 Å². The standard InChI is InChI=1S/C22H32N2O4/c1-16-6-8-19(18(14-16)22(3,4)5)28-15-21(27)24-12-10-23(11-13-24)20(26)9-7-17(2)25/h6,8,14H,7,9-13,15H2,1-5H3. The largest absolute Gasteiger partial charge is 0.483 e. The highest BCUT2D eigenvalue weighted by Gasteiger charge is 2.25. The van der Waals surface area contributed by atoms with E-state index in [0.29, 0.717) is 26.2 Å². The number of rotatable bonds is 6. The first-order valence-electron chi connectivity index (χ1n) is 9.87. The summed E-state index contributed by atoms with van der Waals surface area (Å²) in [4.78, 5) is 39.1. The molecule has 0 bridgehead atoms. The van der Waals surface area contributed by atoms with Crippen molar-refractivity contribution in [1.29, 1.82) is 0 Å². The van der Waals surface area contributed by atoms with E-state index >= 15 is 0 Å². The van der Waals surface area contributed by atoms with Crippen LogP contribution in [0.2, 0.25) is 0 Å². The van der Waals surface area contributed by atoms with E-state index in [0.717, 1.165) is 16.9 Å². The number of ketones is 1. The maximum absolute atomic E-state index is 12.5. The van der Waals surface area contributed by atoms with Gasteiger partial charge in [-0.1, -0.05) is 38.5 Å². The number of ether oxygens (including phenoxy) is 1. The number of aryl methyl sites for hydroxylation is 1. The number of amides is 2. The van der Waals surface area contributed by atoms with Gasteiger partial charge in [0, 0.05) is 39.0 Å². The van der Waals surface area contributed by atoms with Crippen molar-refractivity contribution in [3.05, 3.63) is 29.3 Å². The quantitative estimate of drug-likeness (QED) is 0.752. The molecule has 0 aliphatic carbocycles. The summed E-state index contributed by atoms with van der Waals surface area (Å²) in [6, 6.07) is 6.01. The molecule has 28 heavy (non-hydrogen) atoms. The molecule has 6 nitrogen and oxygen atoms in total. The molecular weight excluding hydrogens is 356 g/mol. The van der Waals surface area contributed by atoms with Gasteiger partial charge in [0.05, 0.1) is 0 Å². The molecule has 1 saturated heterocycles. The van der Waals surface area contributed by atoms with Crippen LogP contribution in [0.3, 0.4) is 0 Å². The molecule has 1 aromatic rings. The Labute approximate surface area is 167 Å². The summed E-state index contributed by atoms with van der Waals surface area (Å²) < 4.78 is 5.86. The lowest BCUT2D eigenvalue weighted by molar-refractivity contribution is -0.141. The Balaban J connectivity index is 1.87. The third kappa shape index (κ3) is 6.08. The summed E-state index contributed by atoms with van der Waals surface area (Å²) in [6.45, 7) is 11.9. The van der Waals surface area contributed by atoms with Crippen LogP contribution in [-0.2, 0) is 19.8 Å². The number of carbonyl (C=O) groups is 3. The van der Waals surface area contributed by atoms with Crippen molar-refractivity contribution in [2.75, 3.05) is 32.8 Å². The number of nitrogens with zero attached hydrogens (tertiary/aromatic N) is 2. The van der Waals surface area contributed by atoms with Gasteiger partial charge in [-0.25, -0.2) is 0 Å². The Morgan fingerprint density at radius 2 is 1.54 bits per heavy atom. The molecule has 1 heterocycles. The Kier molecular flexibility index (Phi) is 7.22. The molecule has 1 aromatic carbocycles. The smallest absolute Gasteiger partial charge is 0.260 e. The van der Waals surface area contributed by atoms with Crippen molar-refractivity contribution in [2.45, 2.75) is 52.9 Å². The minimum absolute atomic E-state index is 0.00950. The number of benzene rings is 1. The first kappa shape index (κ1) is 21.9. The van der Waals surface area contributed by atoms with Crippen LogP contribution in [0.25, 0.3) is 0 Å². The van der Waals surface area contributed by atoms with Crippen LogP contribution in [0.4, 0.5) is 0 Å². The van der Waals surface area contributed by atoms with Gasteiger partial charge in [-0.2, -0.15) is 0 Å². The summed E-state index contributed by atoms with van der Waals surface area (Å²) in [6.07, 6.45) is 0.522. The van der Waals surface area contributed by atoms with Gasteiger partial charge in [0.15, 0.2) is 6.61 Å². The van der Waals surface area contributed by atoms with Crippen molar-refractivity contribution >= 4 is 17.6 Å². The zero-order valence-electron chi connectivity index (χ0n) is 17.7. The first-order chi connectivity index (χ1) is 13.1. The van der Waals surface area contributed by atoms with Crippen LogP contribution in [0, 0.1) is 6.92 Å². The van der Waals surface area contributed by atoms with Gasteiger partial charge in [0.1, 0.15) is 11.5 Å². The molecule has 0 N–H and O–H groups in total. The topological polar surface area (TPSA) is 66.9 Å². The summed E-state index contributed by atoms with van der Waals surface area (Å²) in [5, 5.41) is 0. The average molecular weight is 389 g/mol. The average Bonchev–Trinajstić information content (AvgIpc) is 2.64. The fourth-order valence-electron chi connectivity index (χ4n) is 3.23. The number of hydrogen-bond acceptors (Lipinski definition) is 4. The highest BCUT2D eigenvalue weighted by molar-refractivity contribution is 5.84. The van der Waals surface area contributed by atoms with E-state index < -0.39 is 0 Å². The van der Waals surface area contributed by atoms with Crippen LogP contribution in [0.5, 0.6) is 5.75 Å². The highest BCUT2D eigenvalue weighted by Crippen LogP contribution is 2.32. The van der Waals surface area contributed by atoms with Crippen LogP contribution < -0.4 is 4.74 Å². The predicted octanol–water partition coefficient (Wildman–Crippen LogP) is 2.71. The third-order valence-electron chi connectivity index (χ3n) is 4.97. The minimum atomic E-state index is -0.0732. The lowest BCUT2D eigenvalue weighted by Gasteiger charge is -2.35. The van der Waals surface area contributed by atoms with Crippen LogP contribution in [-0.4, -0.2) is 60.2 Å². The summed E-state index contributed by atoms with van der Waals surface area (Å²) >= 11 is 0. The van der Waals surface area contributed by atoms with E-state index in [1.807, 2.05) is 19.1 Å². The van der Waals surface area contributed by atoms with Gasteiger partial charge < -0.3 is 19.3 Å². The Hall–Kier alpha value is -2.37. The molecule has 0 spiro atoms. The van der Waals surface area contributed by atoms with Crippen LogP contribution in [0.15, 0.2) is 18.2 Å².